The van der Waals surface area contributed by atoms with Crippen molar-refractivity contribution in [3.05, 3.63) is 59.4 Å². The van der Waals surface area contributed by atoms with Crippen molar-refractivity contribution in [3.63, 3.8) is 0 Å². The number of amides is 1. The molecule has 0 aliphatic heterocycles. The molecule has 1 N–H and O–H groups in total. The molecule has 2 heterocycles. The zero-order chi connectivity index (χ0) is 20.3. The van der Waals surface area contributed by atoms with Crippen molar-refractivity contribution in [2.45, 2.75) is 53.6 Å². The summed E-state index contributed by atoms with van der Waals surface area (Å²) in [5, 5.41) is 11.8. The van der Waals surface area contributed by atoms with Crippen LogP contribution in [0.5, 0.6) is 0 Å². The Morgan fingerprint density at radius 2 is 1.86 bits per heavy atom. The molecule has 0 radical (unpaired) electrons. The first-order valence-corrected chi connectivity index (χ1v) is 9.62. The monoisotopic (exact) mass is 380 g/mol. The van der Waals surface area contributed by atoms with Gasteiger partial charge < -0.3 is 5.32 Å². The van der Waals surface area contributed by atoms with Crippen LogP contribution in [0.15, 0.2) is 36.9 Å². The van der Waals surface area contributed by atoms with Gasteiger partial charge in [-0.05, 0) is 44.4 Å². The third-order valence-electron chi connectivity index (χ3n) is 4.86. The van der Waals surface area contributed by atoms with Crippen molar-refractivity contribution >= 4 is 5.91 Å². The molecule has 0 aliphatic rings. The number of carbonyl (C=O) groups excluding carboxylic acids is 1. The van der Waals surface area contributed by atoms with Crippen molar-refractivity contribution in [2.75, 3.05) is 0 Å². The van der Waals surface area contributed by atoms with Gasteiger partial charge in [-0.25, -0.2) is 9.67 Å². The second-order valence-corrected chi connectivity index (χ2v) is 7.62. The van der Waals surface area contributed by atoms with Crippen LogP contribution in [0, 0.1) is 19.8 Å². The van der Waals surface area contributed by atoms with Crippen LogP contribution >= 0.6 is 0 Å². The Balaban J connectivity index is 1.64. The molecule has 148 valence electrons. The van der Waals surface area contributed by atoms with Gasteiger partial charge in [0.05, 0.1) is 23.8 Å². The van der Waals surface area contributed by atoms with E-state index in [1.165, 1.54) is 6.33 Å². The first-order chi connectivity index (χ1) is 13.3. The number of nitrogens with zero attached hydrogens (tertiary/aromatic N) is 5. The third-order valence-corrected chi connectivity index (χ3v) is 4.86. The van der Waals surface area contributed by atoms with Gasteiger partial charge in [-0.2, -0.15) is 10.2 Å². The number of rotatable bonds is 7. The van der Waals surface area contributed by atoms with Crippen LogP contribution in [0.2, 0.25) is 0 Å². The molecule has 0 saturated carbocycles. The molecule has 0 bridgehead atoms. The number of nitrogens with one attached hydrogen (secondary N) is 1. The quantitative estimate of drug-likeness (QED) is 0.683. The molecule has 1 aromatic carbocycles. The van der Waals surface area contributed by atoms with E-state index in [1.807, 2.05) is 49.7 Å². The second kappa shape index (κ2) is 8.37. The van der Waals surface area contributed by atoms with Gasteiger partial charge in [0.15, 0.2) is 0 Å². The highest BCUT2D eigenvalue weighted by Crippen LogP contribution is 2.18. The molecule has 0 saturated heterocycles. The molecule has 1 atom stereocenters. The minimum absolute atomic E-state index is 0.00292. The largest absolute Gasteiger partial charge is 0.349 e. The lowest BCUT2D eigenvalue weighted by Crippen LogP contribution is -2.28. The van der Waals surface area contributed by atoms with Crippen molar-refractivity contribution < 1.29 is 4.79 Å². The van der Waals surface area contributed by atoms with Crippen molar-refractivity contribution in [2.24, 2.45) is 5.92 Å². The summed E-state index contributed by atoms with van der Waals surface area (Å²) in [4.78, 5) is 16.6. The van der Waals surface area contributed by atoms with Crippen LogP contribution in [-0.4, -0.2) is 30.5 Å². The maximum absolute atomic E-state index is 12.6. The Kier molecular flexibility index (Phi) is 5.92. The maximum atomic E-state index is 12.6. The molecule has 7 heteroatoms. The number of benzene rings is 1. The van der Waals surface area contributed by atoms with E-state index >= 15 is 0 Å². The van der Waals surface area contributed by atoms with E-state index < -0.39 is 0 Å². The molecule has 2 aromatic heterocycles. The number of aromatic nitrogens is 5. The lowest BCUT2D eigenvalue weighted by Gasteiger charge is -2.15. The van der Waals surface area contributed by atoms with Crippen LogP contribution < -0.4 is 5.32 Å². The minimum atomic E-state index is -0.0800. The van der Waals surface area contributed by atoms with Gasteiger partial charge in [0.2, 0.25) is 5.91 Å². The van der Waals surface area contributed by atoms with E-state index in [4.69, 9.17) is 0 Å². The fourth-order valence-corrected chi connectivity index (χ4v) is 3.31. The van der Waals surface area contributed by atoms with Crippen molar-refractivity contribution in [3.8, 4) is 5.69 Å². The van der Waals surface area contributed by atoms with E-state index in [0.717, 1.165) is 34.7 Å². The Hall–Kier alpha value is -2.96. The van der Waals surface area contributed by atoms with Crippen LogP contribution in [0.3, 0.4) is 0 Å². The predicted octanol–water partition coefficient (Wildman–Crippen LogP) is 3.16. The Labute approximate surface area is 165 Å². The summed E-state index contributed by atoms with van der Waals surface area (Å²) in [5.41, 5.74) is 5.00. The average Bonchev–Trinajstić information content (AvgIpc) is 3.26. The number of aryl methyl sites for hydroxylation is 1. The van der Waals surface area contributed by atoms with Gasteiger partial charge in [-0.15, -0.1) is 0 Å². The molecule has 1 amide bonds. The zero-order valence-corrected chi connectivity index (χ0v) is 17.2. The molecular weight excluding hydrogens is 352 g/mol. The second-order valence-electron chi connectivity index (χ2n) is 7.62. The van der Waals surface area contributed by atoms with Gasteiger partial charge in [0.25, 0.3) is 0 Å². The molecular formula is C21H28N6O. The molecule has 7 nitrogen and oxygen atoms in total. The SMILES string of the molecule is Cc1nn(CC(C)C)c(C)c1CC(=O)N[C@H](C)c1ccc(-n2cncn2)cc1. The maximum Gasteiger partial charge on any atom is 0.225 e. The Bertz CT molecular complexity index is 925. The topological polar surface area (TPSA) is 77.6 Å². The van der Waals surface area contributed by atoms with Crippen LogP contribution in [0.1, 0.15) is 49.3 Å². The molecule has 28 heavy (non-hydrogen) atoms. The summed E-state index contributed by atoms with van der Waals surface area (Å²) in [6.07, 6.45) is 3.51. The average molecular weight is 380 g/mol. The summed E-state index contributed by atoms with van der Waals surface area (Å²) in [7, 11) is 0. The van der Waals surface area contributed by atoms with E-state index in [-0.39, 0.29) is 11.9 Å². The first-order valence-electron chi connectivity index (χ1n) is 9.62. The van der Waals surface area contributed by atoms with Crippen LogP contribution in [0.25, 0.3) is 5.69 Å². The lowest BCUT2D eigenvalue weighted by atomic mass is 10.1. The molecule has 0 unspecified atom stereocenters. The highest BCUT2D eigenvalue weighted by Gasteiger charge is 2.17. The van der Waals surface area contributed by atoms with E-state index in [1.54, 1.807) is 11.0 Å². The number of carbonyl (C=O) groups is 1. The first kappa shape index (κ1) is 19.8. The molecule has 3 rings (SSSR count). The highest BCUT2D eigenvalue weighted by atomic mass is 16.1. The van der Waals surface area contributed by atoms with E-state index in [9.17, 15) is 4.79 Å². The van der Waals surface area contributed by atoms with Gasteiger partial charge in [0, 0.05) is 17.8 Å². The minimum Gasteiger partial charge on any atom is -0.349 e. The lowest BCUT2D eigenvalue weighted by molar-refractivity contribution is -0.121. The standard InChI is InChI=1S/C21H28N6O/c1-14(2)11-26-17(5)20(16(4)25-26)10-21(28)24-15(3)18-6-8-19(9-7-18)27-13-22-12-23-27/h6-9,12-15H,10-11H2,1-5H3,(H,24,28)/t15-/m1/s1. The Morgan fingerprint density at radius 3 is 2.46 bits per heavy atom. The van der Waals surface area contributed by atoms with Crippen molar-refractivity contribution in [1.82, 2.24) is 29.9 Å². The van der Waals surface area contributed by atoms with Crippen LogP contribution in [0.4, 0.5) is 0 Å². The zero-order valence-electron chi connectivity index (χ0n) is 17.2. The summed E-state index contributed by atoms with van der Waals surface area (Å²) >= 11 is 0. The Morgan fingerprint density at radius 1 is 1.14 bits per heavy atom. The highest BCUT2D eigenvalue weighted by molar-refractivity contribution is 5.79. The number of hydrogen-bond donors (Lipinski definition) is 1. The van der Waals surface area contributed by atoms with E-state index in [0.29, 0.717) is 12.3 Å². The predicted molar refractivity (Wildman–Crippen MR) is 108 cm³/mol. The molecule has 0 aliphatic carbocycles. The third kappa shape index (κ3) is 4.47. The van der Waals surface area contributed by atoms with Crippen LogP contribution in [-0.2, 0) is 17.8 Å². The fourth-order valence-electron chi connectivity index (χ4n) is 3.31. The summed E-state index contributed by atoms with van der Waals surface area (Å²) in [6.45, 7) is 11.2. The van der Waals surface area contributed by atoms with Gasteiger partial charge in [-0.1, -0.05) is 26.0 Å². The molecule has 3 aromatic rings. The van der Waals surface area contributed by atoms with E-state index in [2.05, 4.69) is 34.3 Å². The normalized spacial score (nSPS) is 12.4. The van der Waals surface area contributed by atoms with Gasteiger partial charge in [0.1, 0.15) is 12.7 Å². The number of hydrogen-bond acceptors (Lipinski definition) is 4. The fraction of sp³-hybridized carbons (Fsp3) is 0.429. The molecule has 0 spiro atoms. The summed E-state index contributed by atoms with van der Waals surface area (Å²) in [6, 6.07) is 7.86. The summed E-state index contributed by atoms with van der Waals surface area (Å²) in [5.74, 6) is 0.517. The van der Waals surface area contributed by atoms with Gasteiger partial charge >= 0.3 is 0 Å². The smallest absolute Gasteiger partial charge is 0.225 e. The molecule has 0 fully saturated rings. The van der Waals surface area contributed by atoms with Gasteiger partial charge in [-0.3, -0.25) is 9.48 Å². The summed E-state index contributed by atoms with van der Waals surface area (Å²) < 4.78 is 3.71. The van der Waals surface area contributed by atoms with Crippen molar-refractivity contribution in [1.29, 1.82) is 0 Å².